The van der Waals surface area contributed by atoms with E-state index in [-0.39, 0.29) is 16.2 Å². The third kappa shape index (κ3) is 2.47. The molecule has 5 nitrogen and oxygen atoms in total. The summed E-state index contributed by atoms with van der Waals surface area (Å²) in [7, 11) is 1.59. The van der Waals surface area contributed by atoms with Gasteiger partial charge >= 0.3 is 11.4 Å². The average molecular weight is 289 g/mol. The van der Waals surface area contributed by atoms with Crippen LogP contribution in [-0.2, 0) is 12.6 Å². The molecule has 0 saturated carbocycles. The zero-order valence-electron chi connectivity index (χ0n) is 11.4. The third-order valence-electron chi connectivity index (χ3n) is 2.95. The Morgan fingerprint density at radius 3 is 2.28 bits per heavy atom. The molecular formula is C11H19N3O2S2. The lowest BCUT2D eigenvalue weighted by molar-refractivity contribution is 0.287. The Morgan fingerprint density at radius 1 is 1.28 bits per heavy atom. The van der Waals surface area contributed by atoms with Gasteiger partial charge in [0.15, 0.2) is 4.77 Å². The topological polar surface area (TPSA) is 48.9 Å². The Labute approximate surface area is 116 Å². The van der Waals surface area contributed by atoms with Crippen molar-refractivity contribution in [1.82, 2.24) is 13.1 Å². The first-order valence-electron chi connectivity index (χ1n) is 5.78. The van der Waals surface area contributed by atoms with Gasteiger partial charge in [-0.1, -0.05) is 13.3 Å². The summed E-state index contributed by atoms with van der Waals surface area (Å²) in [5.74, 6) is 0. The zero-order chi connectivity index (χ0) is 14.1. The minimum Gasteiger partial charge on any atom is -0.272 e. The minimum absolute atomic E-state index is 0.237. The maximum Gasteiger partial charge on any atom is 0.345 e. The molecule has 1 aromatic heterocycles. The molecule has 1 aromatic rings. The molecule has 0 N–H and O–H groups in total. The van der Waals surface area contributed by atoms with Gasteiger partial charge in [-0.15, -0.1) is 0 Å². The molecule has 0 spiro atoms. The van der Waals surface area contributed by atoms with Crippen molar-refractivity contribution in [2.75, 3.05) is 6.26 Å². The summed E-state index contributed by atoms with van der Waals surface area (Å²) in [5, 5.41) is 0. The van der Waals surface area contributed by atoms with Crippen molar-refractivity contribution in [3.63, 3.8) is 0 Å². The molecule has 1 heterocycles. The van der Waals surface area contributed by atoms with Crippen LogP contribution in [0.4, 0.5) is 0 Å². The Morgan fingerprint density at radius 2 is 1.83 bits per heavy atom. The highest BCUT2D eigenvalue weighted by molar-refractivity contribution is 7.97. The van der Waals surface area contributed by atoms with Crippen LogP contribution in [0.3, 0.4) is 0 Å². The lowest BCUT2D eigenvalue weighted by Crippen LogP contribution is -2.51. The molecule has 0 saturated heterocycles. The largest absolute Gasteiger partial charge is 0.345 e. The van der Waals surface area contributed by atoms with Crippen LogP contribution in [0.1, 0.15) is 33.6 Å². The normalized spacial score (nSPS) is 11.8. The number of rotatable bonds is 4. The van der Waals surface area contributed by atoms with Gasteiger partial charge in [0.05, 0.1) is 0 Å². The van der Waals surface area contributed by atoms with Crippen LogP contribution in [0.25, 0.3) is 0 Å². The van der Waals surface area contributed by atoms with E-state index in [2.05, 4.69) is 0 Å². The van der Waals surface area contributed by atoms with Gasteiger partial charge in [-0.25, -0.2) is 18.1 Å². The van der Waals surface area contributed by atoms with Crippen LogP contribution in [0.5, 0.6) is 0 Å². The maximum absolute atomic E-state index is 12.3. The number of aromatic nitrogens is 3. The van der Waals surface area contributed by atoms with Crippen LogP contribution in [0, 0.1) is 4.77 Å². The second kappa shape index (κ2) is 5.44. The van der Waals surface area contributed by atoms with Crippen molar-refractivity contribution in [2.24, 2.45) is 7.05 Å². The number of hydrogen-bond donors (Lipinski definition) is 0. The van der Waals surface area contributed by atoms with Gasteiger partial charge in [-0.2, -0.15) is 0 Å². The van der Waals surface area contributed by atoms with E-state index in [0.717, 1.165) is 12.8 Å². The van der Waals surface area contributed by atoms with Crippen LogP contribution >= 0.6 is 24.2 Å². The van der Waals surface area contributed by atoms with E-state index in [4.69, 9.17) is 12.2 Å². The molecule has 18 heavy (non-hydrogen) atoms. The number of nitrogens with zero attached hydrogens (tertiary/aromatic N) is 3. The molecule has 0 aromatic carbocycles. The molecule has 1 rings (SSSR count). The van der Waals surface area contributed by atoms with E-state index in [9.17, 15) is 9.59 Å². The third-order valence-corrected chi connectivity index (χ3v) is 4.22. The average Bonchev–Trinajstić information content (AvgIpc) is 2.26. The van der Waals surface area contributed by atoms with Crippen molar-refractivity contribution < 1.29 is 0 Å². The van der Waals surface area contributed by atoms with Crippen molar-refractivity contribution in [1.29, 1.82) is 0 Å². The molecule has 0 aliphatic rings. The Kier molecular flexibility index (Phi) is 4.61. The highest BCUT2D eigenvalue weighted by Crippen LogP contribution is 2.17. The lowest BCUT2D eigenvalue weighted by Gasteiger charge is -2.27. The standard InChI is InChI=1S/C11H19N3O2S2/c1-6-7-11(2,3)13-8(15)12(4)10(17)14(18-5)9(13)16/h6-7H2,1-5H3. The first-order valence-corrected chi connectivity index (χ1v) is 7.37. The Hall–Kier alpha value is -0.820. The van der Waals surface area contributed by atoms with Gasteiger partial charge in [0.1, 0.15) is 0 Å². The van der Waals surface area contributed by atoms with Gasteiger partial charge in [-0.05, 0) is 44.4 Å². The van der Waals surface area contributed by atoms with Crippen LogP contribution in [0.15, 0.2) is 9.59 Å². The first-order chi connectivity index (χ1) is 8.27. The van der Waals surface area contributed by atoms with Gasteiger partial charge in [-0.3, -0.25) is 4.57 Å². The zero-order valence-corrected chi connectivity index (χ0v) is 13.0. The fraction of sp³-hybridized carbons (Fsp3) is 0.727. The van der Waals surface area contributed by atoms with Crippen molar-refractivity contribution >= 4 is 24.2 Å². The highest BCUT2D eigenvalue weighted by atomic mass is 32.2. The molecule has 0 atom stereocenters. The number of hydrogen-bond acceptors (Lipinski definition) is 4. The van der Waals surface area contributed by atoms with Crippen LogP contribution in [0.2, 0.25) is 0 Å². The van der Waals surface area contributed by atoms with E-state index in [1.807, 2.05) is 20.8 Å². The molecule has 0 unspecified atom stereocenters. The van der Waals surface area contributed by atoms with Gasteiger partial charge in [0.25, 0.3) is 0 Å². The van der Waals surface area contributed by atoms with Gasteiger partial charge in [0, 0.05) is 18.8 Å². The van der Waals surface area contributed by atoms with Crippen molar-refractivity contribution in [3.05, 3.63) is 25.7 Å². The fourth-order valence-electron chi connectivity index (χ4n) is 2.02. The maximum atomic E-state index is 12.3. The monoisotopic (exact) mass is 289 g/mol. The molecule has 7 heteroatoms. The first kappa shape index (κ1) is 15.2. The highest BCUT2D eigenvalue weighted by Gasteiger charge is 2.25. The predicted molar refractivity (Wildman–Crippen MR) is 77.9 cm³/mol. The Bertz CT molecular complexity index is 610. The summed E-state index contributed by atoms with van der Waals surface area (Å²) in [4.78, 5) is 24.6. The summed E-state index contributed by atoms with van der Waals surface area (Å²) in [6.45, 7) is 5.82. The fourth-order valence-corrected chi connectivity index (χ4v) is 2.92. The van der Waals surface area contributed by atoms with Gasteiger partial charge < -0.3 is 0 Å². The summed E-state index contributed by atoms with van der Waals surface area (Å²) >= 11 is 6.32. The summed E-state index contributed by atoms with van der Waals surface area (Å²) in [6, 6.07) is 0. The van der Waals surface area contributed by atoms with Crippen molar-refractivity contribution in [2.45, 2.75) is 39.2 Å². The van der Waals surface area contributed by atoms with Crippen LogP contribution < -0.4 is 11.4 Å². The molecule has 0 fully saturated rings. The SMILES string of the molecule is CCCC(C)(C)n1c(=O)n(C)c(=S)n(SC)c1=O. The quantitative estimate of drug-likeness (QED) is 0.792. The molecule has 102 valence electrons. The Balaban J connectivity index is 3.76. The van der Waals surface area contributed by atoms with E-state index >= 15 is 0 Å². The molecule has 0 amide bonds. The summed E-state index contributed by atoms with van der Waals surface area (Å²) in [6.07, 6.45) is 3.42. The molecule has 0 aliphatic heterocycles. The summed E-state index contributed by atoms with van der Waals surface area (Å²) < 4.78 is 4.24. The van der Waals surface area contributed by atoms with E-state index in [1.165, 1.54) is 25.1 Å². The molecule has 0 bridgehead atoms. The van der Waals surface area contributed by atoms with Gasteiger partial charge in [0.2, 0.25) is 0 Å². The van der Waals surface area contributed by atoms with Crippen LogP contribution in [-0.4, -0.2) is 19.4 Å². The van der Waals surface area contributed by atoms with E-state index in [1.54, 1.807) is 13.3 Å². The van der Waals surface area contributed by atoms with E-state index in [0.29, 0.717) is 0 Å². The summed E-state index contributed by atoms with van der Waals surface area (Å²) in [5.41, 5.74) is -1.22. The van der Waals surface area contributed by atoms with Crippen molar-refractivity contribution in [3.8, 4) is 0 Å². The van der Waals surface area contributed by atoms with E-state index < -0.39 is 5.54 Å². The predicted octanol–water partition coefficient (Wildman–Crippen LogP) is 1.74. The molecule has 0 radical (unpaired) electrons. The molecule has 0 aliphatic carbocycles. The minimum atomic E-state index is -0.513. The lowest BCUT2D eigenvalue weighted by atomic mass is 9.99. The smallest absolute Gasteiger partial charge is 0.272 e. The second-order valence-corrected chi connectivity index (χ2v) is 5.88. The second-order valence-electron chi connectivity index (χ2n) is 4.78. The molecular weight excluding hydrogens is 270 g/mol.